The Labute approximate surface area is 169 Å². The first-order chi connectivity index (χ1) is 13.7. The van der Waals surface area contributed by atoms with Crippen LogP contribution in [0, 0.1) is 18.6 Å². The molecule has 0 atom stereocenters. The second-order valence-electron chi connectivity index (χ2n) is 6.94. The molecule has 2 aromatic rings. The van der Waals surface area contributed by atoms with Crippen LogP contribution >= 0.6 is 0 Å². The zero-order valence-electron chi connectivity index (χ0n) is 16.3. The molecule has 0 radical (unpaired) electrons. The smallest absolute Gasteiger partial charge is 0.320 e. The molecule has 0 bridgehead atoms. The van der Waals surface area contributed by atoms with Crippen LogP contribution in [0.5, 0.6) is 0 Å². The third-order valence-corrected chi connectivity index (χ3v) is 6.10. The predicted octanol–water partition coefficient (Wildman–Crippen LogP) is 3.87. The Bertz CT molecular complexity index is 1010. The Morgan fingerprint density at radius 2 is 1.79 bits per heavy atom. The van der Waals surface area contributed by atoms with Crippen LogP contribution < -0.4 is 9.62 Å². The van der Waals surface area contributed by atoms with E-state index in [9.17, 15) is 22.0 Å². The molecule has 1 aliphatic rings. The summed E-state index contributed by atoms with van der Waals surface area (Å²) in [5.74, 6) is -1.52. The minimum absolute atomic E-state index is 0.104. The number of hydrogen-bond donors (Lipinski definition) is 1. The number of hydrogen-bond acceptors (Lipinski definition) is 3. The molecule has 2 amide bonds. The quantitative estimate of drug-likeness (QED) is 0.767. The summed E-state index contributed by atoms with van der Waals surface area (Å²) in [5, 5.41) is 0. The van der Waals surface area contributed by atoms with Crippen LogP contribution in [0.4, 0.5) is 25.0 Å². The van der Waals surface area contributed by atoms with Crippen molar-refractivity contribution in [2.24, 2.45) is 0 Å². The van der Waals surface area contributed by atoms with E-state index >= 15 is 0 Å². The van der Waals surface area contributed by atoms with E-state index in [-0.39, 0.29) is 17.9 Å². The highest BCUT2D eigenvalue weighted by Crippen LogP contribution is 2.31. The second-order valence-corrected chi connectivity index (χ2v) is 8.95. The Hall–Kier alpha value is -2.68. The van der Waals surface area contributed by atoms with E-state index in [1.807, 2.05) is 6.92 Å². The number of nitrogens with one attached hydrogen (secondary N) is 1. The lowest BCUT2D eigenvalue weighted by molar-refractivity contribution is 0.191. The molecule has 9 heteroatoms. The SMILES string of the molecule is CCS(=O)(=O)Nc1cc(C)ccc1N1CCCN(Cc2c(F)cccc2F)C1=O. The maximum absolute atomic E-state index is 14.0. The van der Waals surface area contributed by atoms with Crippen molar-refractivity contribution in [2.45, 2.75) is 26.8 Å². The molecule has 0 aliphatic carbocycles. The highest BCUT2D eigenvalue weighted by atomic mass is 32.2. The van der Waals surface area contributed by atoms with Gasteiger partial charge in [0.05, 0.1) is 23.7 Å². The number of carbonyl (C=O) groups is 1. The normalized spacial score (nSPS) is 15.0. The zero-order valence-corrected chi connectivity index (χ0v) is 17.1. The maximum Gasteiger partial charge on any atom is 0.324 e. The molecule has 0 unspecified atom stereocenters. The molecular weight excluding hydrogens is 400 g/mol. The van der Waals surface area contributed by atoms with E-state index in [2.05, 4.69) is 4.72 Å². The highest BCUT2D eigenvalue weighted by molar-refractivity contribution is 7.92. The first kappa shape index (κ1) is 21.0. The van der Waals surface area contributed by atoms with Crippen LogP contribution in [0.2, 0.25) is 0 Å². The standard InChI is InChI=1S/C20H23F2N3O3S/c1-3-29(27,28)23-18-12-14(2)8-9-19(18)25-11-5-10-24(20(25)26)13-15-16(21)6-4-7-17(15)22/h4,6-9,12,23H,3,5,10-11,13H2,1-2H3. The first-order valence-corrected chi connectivity index (χ1v) is 11.0. The largest absolute Gasteiger partial charge is 0.324 e. The average molecular weight is 423 g/mol. The van der Waals surface area contributed by atoms with E-state index in [0.29, 0.717) is 30.9 Å². The van der Waals surface area contributed by atoms with E-state index < -0.39 is 27.7 Å². The molecule has 1 N–H and O–H groups in total. The van der Waals surface area contributed by atoms with Crippen LogP contribution in [-0.2, 0) is 16.6 Å². The van der Waals surface area contributed by atoms with Crippen molar-refractivity contribution in [3.63, 3.8) is 0 Å². The Morgan fingerprint density at radius 3 is 2.45 bits per heavy atom. The summed E-state index contributed by atoms with van der Waals surface area (Å²) in [7, 11) is -3.54. The zero-order chi connectivity index (χ0) is 21.2. The molecule has 156 valence electrons. The number of rotatable bonds is 6. The molecule has 0 spiro atoms. The van der Waals surface area contributed by atoms with Gasteiger partial charge in [-0.25, -0.2) is 22.0 Å². The number of sulfonamides is 1. The lowest BCUT2D eigenvalue weighted by Crippen LogP contribution is -2.49. The van der Waals surface area contributed by atoms with Crippen LogP contribution in [0.1, 0.15) is 24.5 Å². The fourth-order valence-electron chi connectivity index (χ4n) is 3.23. The summed E-state index contributed by atoms with van der Waals surface area (Å²) in [4.78, 5) is 15.9. The summed E-state index contributed by atoms with van der Waals surface area (Å²) >= 11 is 0. The molecule has 29 heavy (non-hydrogen) atoms. The van der Waals surface area contributed by atoms with Gasteiger partial charge in [-0.3, -0.25) is 9.62 Å². The lowest BCUT2D eigenvalue weighted by atomic mass is 10.1. The van der Waals surface area contributed by atoms with E-state index in [0.717, 1.165) is 17.7 Å². The minimum atomic E-state index is -3.54. The van der Waals surface area contributed by atoms with Crippen molar-refractivity contribution < 1.29 is 22.0 Å². The van der Waals surface area contributed by atoms with Crippen LogP contribution in [0.3, 0.4) is 0 Å². The molecule has 6 nitrogen and oxygen atoms in total. The Balaban J connectivity index is 1.91. The van der Waals surface area contributed by atoms with Gasteiger partial charge in [0.15, 0.2) is 0 Å². The minimum Gasteiger partial charge on any atom is -0.320 e. The van der Waals surface area contributed by atoms with Gasteiger partial charge in [-0.05, 0) is 50.1 Å². The van der Waals surface area contributed by atoms with Gasteiger partial charge in [0, 0.05) is 18.7 Å². The summed E-state index contributed by atoms with van der Waals surface area (Å²) < 4.78 is 54.7. The van der Waals surface area contributed by atoms with Crippen molar-refractivity contribution in [1.82, 2.24) is 4.90 Å². The summed E-state index contributed by atoms with van der Waals surface area (Å²) in [5.41, 5.74) is 1.38. The fourth-order valence-corrected chi connectivity index (χ4v) is 3.88. The number of anilines is 2. The summed E-state index contributed by atoms with van der Waals surface area (Å²) in [6.07, 6.45) is 0.579. The average Bonchev–Trinajstić information content (AvgIpc) is 2.66. The van der Waals surface area contributed by atoms with Gasteiger partial charge >= 0.3 is 6.03 Å². The molecule has 0 aromatic heterocycles. The molecule has 1 fully saturated rings. The van der Waals surface area contributed by atoms with E-state index in [1.165, 1.54) is 22.8 Å². The second kappa shape index (κ2) is 8.36. The van der Waals surface area contributed by atoms with Gasteiger partial charge in [0.2, 0.25) is 10.0 Å². The third kappa shape index (κ3) is 4.67. The van der Waals surface area contributed by atoms with Crippen molar-refractivity contribution in [3.8, 4) is 0 Å². The van der Waals surface area contributed by atoms with Crippen molar-refractivity contribution in [3.05, 3.63) is 59.2 Å². The van der Waals surface area contributed by atoms with Crippen LogP contribution in [-0.4, -0.2) is 38.2 Å². The Morgan fingerprint density at radius 1 is 1.10 bits per heavy atom. The monoisotopic (exact) mass is 423 g/mol. The number of benzene rings is 2. The van der Waals surface area contributed by atoms with Crippen LogP contribution in [0.15, 0.2) is 36.4 Å². The number of aryl methyl sites for hydroxylation is 1. The first-order valence-electron chi connectivity index (χ1n) is 9.32. The molecule has 1 saturated heterocycles. The van der Waals surface area contributed by atoms with Crippen LogP contribution in [0.25, 0.3) is 0 Å². The topological polar surface area (TPSA) is 69.7 Å². The van der Waals surface area contributed by atoms with E-state index in [4.69, 9.17) is 0 Å². The number of amides is 2. The molecule has 1 heterocycles. The molecule has 1 aliphatic heterocycles. The van der Waals surface area contributed by atoms with Gasteiger partial charge in [0.1, 0.15) is 11.6 Å². The van der Waals surface area contributed by atoms with Gasteiger partial charge in [-0.2, -0.15) is 0 Å². The Kier molecular flexibility index (Phi) is 6.07. The predicted molar refractivity (Wildman–Crippen MR) is 108 cm³/mol. The summed E-state index contributed by atoms with van der Waals surface area (Å²) in [6, 6.07) is 8.27. The third-order valence-electron chi connectivity index (χ3n) is 4.81. The lowest BCUT2D eigenvalue weighted by Gasteiger charge is -2.36. The number of nitrogens with zero attached hydrogens (tertiary/aromatic N) is 2. The van der Waals surface area contributed by atoms with E-state index in [1.54, 1.807) is 18.2 Å². The van der Waals surface area contributed by atoms with Crippen molar-refractivity contribution >= 4 is 27.4 Å². The molecule has 3 rings (SSSR count). The van der Waals surface area contributed by atoms with Crippen molar-refractivity contribution in [1.29, 1.82) is 0 Å². The summed E-state index contributed by atoms with van der Waals surface area (Å²) in [6.45, 7) is 3.87. The molecule has 0 saturated carbocycles. The highest BCUT2D eigenvalue weighted by Gasteiger charge is 2.30. The van der Waals surface area contributed by atoms with Crippen molar-refractivity contribution in [2.75, 3.05) is 28.5 Å². The fraction of sp³-hybridized carbons (Fsp3) is 0.350. The molecule has 2 aromatic carbocycles. The number of carbonyl (C=O) groups excluding carboxylic acids is 1. The van der Waals surface area contributed by atoms with Gasteiger partial charge in [-0.15, -0.1) is 0 Å². The van der Waals surface area contributed by atoms with Gasteiger partial charge in [0.25, 0.3) is 0 Å². The molecular formula is C20H23F2N3O3S. The van der Waals surface area contributed by atoms with Gasteiger partial charge in [-0.1, -0.05) is 12.1 Å². The number of urea groups is 1. The maximum atomic E-state index is 14.0. The number of halogens is 2. The van der Waals surface area contributed by atoms with Gasteiger partial charge < -0.3 is 4.90 Å².